The van der Waals surface area contributed by atoms with Gasteiger partial charge in [0.25, 0.3) is 5.91 Å². The summed E-state index contributed by atoms with van der Waals surface area (Å²) < 4.78 is 10.4. The highest BCUT2D eigenvalue weighted by Crippen LogP contribution is 2.28. The van der Waals surface area contributed by atoms with Gasteiger partial charge >= 0.3 is 5.97 Å². The number of carbonyl (C=O) groups excluding carboxylic acids is 1. The van der Waals surface area contributed by atoms with Crippen molar-refractivity contribution in [1.82, 2.24) is 5.32 Å². The minimum atomic E-state index is -1.17. The molecule has 6 nitrogen and oxygen atoms in total. The quantitative estimate of drug-likeness (QED) is 0.737. The number of methoxy groups -OCH3 is 1. The molecule has 1 aliphatic rings. The van der Waals surface area contributed by atoms with Crippen LogP contribution in [0.15, 0.2) is 24.3 Å². The largest absolute Gasteiger partial charge is 0.491 e. The Labute approximate surface area is 133 Å². The zero-order valence-electron chi connectivity index (χ0n) is 12.3. The standard InChI is InChI=1S/C15H19NO5S/c1-20-6-7-21-12-4-2-3-11(9-12)13(17)16-15(14(18)19)5-8-22-10-15/h2-4,9H,5-8,10H2,1H3,(H,16,17)(H,18,19). The molecule has 1 unspecified atom stereocenters. The van der Waals surface area contributed by atoms with E-state index in [1.54, 1.807) is 31.4 Å². The Bertz CT molecular complexity index is 542. The van der Waals surface area contributed by atoms with Crippen LogP contribution < -0.4 is 10.1 Å². The first-order valence-corrected chi connectivity index (χ1v) is 8.08. The Balaban J connectivity index is 2.05. The van der Waals surface area contributed by atoms with Crippen molar-refractivity contribution in [1.29, 1.82) is 0 Å². The molecule has 0 aromatic heterocycles. The van der Waals surface area contributed by atoms with Crippen molar-refractivity contribution < 1.29 is 24.2 Å². The van der Waals surface area contributed by atoms with E-state index in [-0.39, 0.29) is 0 Å². The van der Waals surface area contributed by atoms with Crippen LogP contribution in [0.1, 0.15) is 16.8 Å². The fourth-order valence-electron chi connectivity index (χ4n) is 2.15. The lowest BCUT2D eigenvalue weighted by molar-refractivity contribution is -0.143. The van der Waals surface area contributed by atoms with E-state index in [1.807, 2.05) is 0 Å². The monoisotopic (exact) mass is 325 g/mol. The van der Waals surface area contributed by atoms with Gasteiger partial charge in [0, 0.05) is 18.4 Å². The van der Waals surface area contributed by atoms with Gasteiger partial charge in [-0.25, -0.2) is 4.79 Å². The van der Waals surface area contributed by atoms with Crippen molar-refractivity contribution in [2.24, 2.45) is 0 Å². The second kappa shape index (κ2) is 7.51. The summed E-state index contributed by atoms with van der Waals surface area (Å²) in [5.74, 6) is 0.278. The van der Waals surface area contributed by atoms with Crippen LogP contribution in [0.2, 0.25) is 0 Å². The molecule has 2 N–H and O–H groups in total. The molecule has 1 aliphatic heterocycles. The molecule has 1 atom stereocenters. The van der Waals surface area contributed by atoms with Crippen LogP contribution in [0, 0.1) is 0 Å². The van der Waals surface area contributed by atoms with Gasteiger partial charge in [-0.15, -0.1) is 0 Å². The number of carboxylic acids is 1. The lowest BCUT2D eigenvalue weighted by atomic mass is 9.98. The molecule has 0 spiro atoms. The molecule has 0 radical (unpaired) electrons. The second-order valence-corrected chi connectivity index (χ2v) is 6.12. The van der Waals surface area contributed by atoms with Gasteiger partial charge in [-0.05, 0) is 30.4 Å². The number of benzene rings is 1. The number of hydrogen-bond acceptors (Lipinski definition) is 5. The zero-order chi connectivity index (χ0) is 16.0. The second-order valence-electron chi connectivity index (χ2n) is 5.01. The molecule has 0 aliphatic carbocycles. The minimum absolute atomic E-state index is 0.382. The summed E-state index contributed by atoms with van der Waals surface area (Å²) in [6.07, 6.45) is 0.433. The maximum atomic E-state index is 12.3. The first kappa shape index (κ1) is 16.6. The number of rotatable bonds is 7. The minimum Gasteiger partial charge on any atom is -0.491 e. The van der Waals surface area contributed by atoms with Crippen LogP contribution in [0.4, 0.5) is 0 Å². The number of carbonyl (C=O) groups is 2. The van der Waals surface area contributed by atoms with Crippen LogP contribution >= 0.6 is 11.8 Å². The van der Waals surface area contributed by atoms with Crippen LogP contribution in [0.5, 0.6) is 5.75 Å². The van der Waals surface area contributed by atoms with E-state index in [9.17, 15) is 14.7 Å². The average molecular weight is 325 g/mol. The molecule has 0 bridgehead atoms. The summed E-state index contributed by atoms with van der Waals surface area (Å²) in [5, 5.41) is 12.1. The molecule has 1 aromatic rings. The van der Waals surface area contributed by atoms with Crippen LogP contribution in [-0.4, -0.2) is 54.4 Å². The molecular formula is C15H19NO5S. The maximum Gasteiger partial charge on any atom is 0.330 e. The SMILES string of the molecule is COCCOc1cccc(C(=O)NC2(C(=O)O)CCSC2)c1. The Hall–Kier alpha value is -1.73. The van der Waals surface area contributed by atoms with E-state index in [0.717, 1.165) is 5.75 Å². The van der Waals surface area contributed by atoms with Crippen LogP contribution in [0.3, 0.4) is 0 Å². The maximum absolute atomic E-state index is 12.3. The number of carboxylic acid groups (broad SMARTS) is 1. The molecule has 2 rings (SSSR count). The van der Waals surface area contributed by atoms with E-state index < -0.39 is 17.4 Å². The summed E-state index contributed by atoms with van der Waals surface area (Å²) >= 11 is 1.53. The molecule has 22 heavy (non-hydrogen) atoms. The van der Waals surface area contributed by atoms with Crippen molar-refractivity contribution >= 4 is 23.6 Å². The van der Waals surface area contributed by atoms with Crippen molar-refractivity contribution in [3.8, 4) is 5.75 Å². The van der Waals surface area contributed by atoms with Gasteiger partial charge in [-0.2, -0.15) is 11.8 Å². The highest BCUT2D eigenvalue weighted by atomic mass is 32.2. The predicted molar refractivity (Wildman–Crippen MR) is 83.6 cm³/mol. The fraction of sp³-hybridized carbons (Fsp3) is 0.467. The van der Waals surface area contributed by atoms with E-state index in [1.165, 1.54) is 11.8 Å². The summed E-state index contributed by atoms with van der Waals surface area (Å²) in [4.78, 5) is 23.8. The molecule has 1 amide bonds. The predicted octanol–water partition coefficient (Wildman–Crippen LogP) is 1.40. The van der Waals surface area contributed by atoms with Crippen molar-refractivity contribution in [2.75, 3.05) is 31.8 Å². The van der Waals surface area contributed by atoms with E-state index in [0.29, 0.717) is 36.7 Å². The molecule has 1 fully saturated rings. The van der Waals surface area contributed by atoms with E-state index >= 15 is 0 Å². The summed E-state index contributed by atoms with van der Waals surface area (Å²) in [6, 6.07) is 6.68. The van der Waals surface area contributed by atoms with Gasteiger partial charge in [-0.1, -0.05) is 6.07 Å². The fourth-order valence-corrected chi connectivity index (χ4v) is 3.47. The summed E-state index contributed by atoms with van der Waals surface area (Å²) in [7, 11) is 1.58. The Kier molecular flexibility index (Phi) is 5.68. The highest BCUT2D eigenvalue weighted by Gasteiger charge is 2.43. The highest BCUT2D eigenvalue weighted by molar-refractivity contribution is 7.99. The van der Waals surface area contributed by atoms with E-state index in [4.69, 9.17) is 9.47 Å². The first-order valence-electron chi connectivity index (χ1n) is 6.93. The number of nitrogens with one attached hydrogen (secondary N) is 1. The molecule has 1 heterocycles. The van der Waals surface area contributed by atoms with Crippen molar-refractivity contribution in [2.45, 2.75) is 12.0 Å². The smallest absolute Gasteiger partial charge is 0.330 e. The molecule has 1 aromatic carbocycles. The molecular weight excluding hydrogens is 306 g/mol. The molecule has 0 saturated carbocycles. The lowest BCUT2D eigenvalue weighted by Gasteiger charge is -2.24. The Morgan fingerprint density at radius 3 is 2.86 bits per heavy atom. The topological polar surface area (TPSA) is 84.9 Å². The third-order valence-electron chi connectivity index (χ3n) is 3.44. The van der Waals surface area contributed by atoms with E-state index in [2.05, 4.69) is 5.32 Å². The number of thioether (sulfide) groups is 1. The normalized spacial score (nSPS) is 20.6. The van der Waals surface area contributed by atoms with Gasteiger partial charge in [0.2, 0.25) is 0 Å². The molecule has 1 saturated heterocycles. The Morgan fingerprint density at radius 2 is 2.23 bits per heavy atom. The third-order valence-corrected chi connectivity index (χ3v) is 4.63. The lowest BCUT2D eigenvalue weighted by Crippen LogP contribution is -2.54. The number of ether oxygens (including phenoxy) is 2. The van der Waals surface area contributed by atoms with Crippen LogP contribution in [0.25, 0.3) is 0 Å². The van der Waals surface area contributed by atoms with Gasteiger partial charge in [0.15, 0.2) is 0 Å². The molecule has 7 heteroatoms. The van der Waals surface area contributed by atoms with Gasteiger partial charge < -0.3 is 19.9 Å². The van der Waals surface area contributed by atoms with Crippen molar-refractivity contribution in [3.63, 3.8) is 0 Å². The van der Waals surface area contributed by atoms with Crippen LogP contribution in [-0.2, 0) is 9.53 Å². The van der Waals surface area contributed by atoms with Crippen molar-refractivity contribution in [3.05, 3.63) is 29.8 Å². The average Bonchev–Trinajstić information content (AvgIpc) is 2.98. The van der Waals surface area contributed by atoms with Gasteiger partial charge in [-0.3, -0.25) is 4.79 Å². The van der Waals surface area contributed by atoms with Gasteiger partial charge in [0.1, 0.15) is 17.9 Å². The zero-order valence-corrected chi connectivity index (χ0v) is 13.1. The molecule has 120 valence electrons. The summed E-state index contributed by atoms with van der Waals surface area (Å²) in [6.45, 7) is 0.840. The third kappa shape index (κ3) is 3.92. The number of hydrogen-bond donors (Lipinski definition) is 2. The van der Waals surface area contributed by atoms with Gasteiger partial charge in [0.05, 0.1) is 6.61 Å². The Morgan fingerprint density at radius 1 is 1.41 bits per heavy atom. The number of aliphatic carboxylic acids is 1. The summed E-state index contributed by atoms with van der Waals surface area (Å²) in [5.41, 5.74) is -0.790. The first-order chi connectivity index (χ1) is 10.6. The number of amides is 1.